The lowest BCUT2D eigenvalue weighted by Gasteiger charge is -2.29. The number of rotatable bonds is 8. The molecule has 9 nitrogen and oxygen atoms in total. The van der Waals surface area contributed by atoms with Gasteiger partial charge < -0.3 is 19.1 Å². The maximum atomic E-state index is 13.5. The van der Waals surface area contributed by atoms with Crippen LogP contribution in [-0.4, -0.2) is 56.3 Å². The van der Waals surface area contributed by atoms with Gasteiger partial charge in [0, 0.05) is 31.0 Å². The first kappa shape index (κ1) is 27.8. The van der Waals surface area contributed by atoms with Crippen molar-refractivity contribution in [2.24, 2.45) is 11.8 Å². The van der Waals surface area contributed by atoms with E-state index in [1.807, 2.05) is 12.1 Å². The van der Waals surface area contributed by atoms with Crippen LogP contribution in [0.25, 0.3) is 11.0 Å². The molecule has 3 fully saturated rings. The van der Waals surface area contributed by atoms with Gasteiger partial charge in [-0.15, -0.1) is 0 Å². The highest BCUT2D eigenvalue weighted by molar-refractivity contribution is 5.92. The minimum Gasteiger partial charge on any atom is -0.478 e. The van der Waals surface area contributed by atoms with Crippen molar-refractivity contribution in [3.63, 3.8) is 0 Å². The normalized spacial score (nSPS) is 20.9. The largest absolute Gasteiger partial charge is 0.478 e. The number of imidazole rings is 1. The molecule has 2 aromatic heterocycles. The van der Waals surface area contributed by atoms with Crippen molar-refractivity contribution in [2.75, 3.05) is 19.7 Å². The molecule has 0 amide bonds. The van der Waals surface area contributed by atoms with Crippen LogP contribution in [0.3, 0.4) is 0 Å². The monoisotopic (exact) mass is 569 g/mol. The Morgan fingerprint density at radius 2 is 2.05 bits per heavy atom. The fraction of sp³-hybridized carbons (Fsp3) is 0.375. The molecule has 216 valence electrons. The molecular weight excluding hydrogens is 537 g/mol. The van der Waals surface area contributed by atoms with Crippen LogP contribution in [-0.2, 0) is 24.4 Å². The number of nitriles is 1. The minimum atomic E-state index is -0.896. The quantitative estimate of drug-likeness (QED) is 0.314. The van der Waals surface area contributed by atoms with Crippen molar-refractivity contribution in [3.8, 4) is 11.9 Å². The second-order valence-corrected chi connectivity index (χ2v) is 11.1. The second-order valence-electron chi connectivity index (χ2n) is 11.1. The molecule has 4 aromatic rings. The summed E-state index contributed by atoms with van der Waals surface area (Å²) in [7, 11) is 0. The number of aromatic carboxylic acids is 1. The molecule has 0 radical (unpaired) electrons. The van der Waals surface area contributed by atoms with Crippen molar-refractivity contribution in [3.05, 3.63) is 89.1 Å². The van der Waals surface area contributed by atoms with E-state index in [4.69, 9.17) is 19.7 Å². The van der Waals surface area contributed by atoms with Crippen molar-refractivity contribution in [2.45, 2.75) is 45.1 Å². The molecule has 7 rings (SSSR count). The van der Waals surface area contributed by atoms with Gasteiger partial charge in [-0.2, -0.15) is 5.26 Å². The van der Waals surface area contributed by atoms with Crippen LogP contribution < -0.4 is 4.74 Å². The van der Waals surface area contributed by atoms with Crippen LogP contribution in [0.1, 0.15) is 46.6 Å². The van der Waals surface area contributed by atoms with Crippen LogP contribution in [0.2, 0.25) is 0 Å². The van der Waals surface area contributed by atoms with E-state index < -0.39 is 11.8 Å². The number of benzene rings is 2. The van der Waals surface area contributed by atoms with Gasteiger partial charge in [0.2, 0.25) is 5.88 Å². The summed E-state index contributed by atoms with van der Waals surface area (Å²) in [5, 5.41) is 17.9. The van der Waals surface area contributed by atoms with Crippen molar-refractivity contribution in [1.82, 2.24) is 19.4 Å². The van der Waals surface area contributed by atoms with Gasteiger partial charge in [0.1, 0.15) is 18.2 Å². The van der Waals surface area contributed by atoms with Crippen molar-refractivity contribution >= 4 is 17.0 Å². The maximum Gasteiger partial charge on any atom is 0.335 e. The van der Waals surface area contributed by atoms with Gasteiger partial charge in [-0.25, -0.2) is 19.2 Å². The summed E-state index contributed by atoms with van der Waals surface area (Å²) in [6.07, 6.45) is 5.58. The number of halogens is 1. The Morgan fingerprint density at radius 1 is 1.17 bits per heavy atom. The summed E-state index contributed by atoms with van der Waals surface area (Å²) in [4.78, 5) is 22.6. The number of aromatic nitrogens is 3. The molecule has 3 aliphatic rings. The number of hydrogen-bond acceptors (Lipinski definition) is 7. The molecule has 1 N–H and O–H groups in total. The lowest BCUT2D eigenvalue weighted by atomic mass is 10.1. The van der Waals surface area contributed by atoms with Crippen LogP contribution in [0.4, 0.5) is 4.39 Å². The van der Waals surface area contributed by atoms with E-state index in [1.165, 1.54) is 31.5 Å². The summed E-state index contributed by atoms with van der Waals surface area (Å²) in [6, 6.07) is 16.6. The van der Waals surface area contributed by atoms with Crippen LogP contribution in [0.15, 0.2) is 60.8 Å². The number of carboxylic acid groups (broad SMARTS) is 1. The summed E-state index contributed by atoms with van der Waals surface area (Å²) < 4.78 is 26.6. The van der Waals surface area contributed by atoms with Crippen LogP contribution in [0.5, 0.6) is 5.88 Å². The van der Waals surface area contributed by atoms with Gasteiger partial charge >= 0.3 is 5.97 Å². The molecule has 1 aliphatic carbocycles. The van der Waals surface area contributed by atoms with E-state index in [1.54, 1.807) is 42.6 Å². The Kier molecular flexibility index (Phi) is 8.13. The number of carbonyl (C=O) groups is 1. The lowest BCUT2D eigenvalue weighted by molar-refractivity contribution is -0.0592. The van der Waals surface area contributed by atoms with Gasteiger partial charge in [-0.05, 0) is 74.0 Å². The molecule has 0 spiro atoms. The first-order chi connectivity index (χ1) is 20.5. The van der Waals surface area contributed by atoms with E-state index in [2.05, 4.69) is 14.5 Å². The second kappa shape index (κ2) is 12.3. The molecule has 42 heavy (non-hydrogen) atoms. The number of nitrogens with zero attached hydrogens (tertiary/aromatic N) is 5. The molecule has 2 aromatic carbocycles. The number of hydrogen-bond donors (Lipinski definition) is 1. The minimum absolute atomic E-state index is 0.0918. The summed E-state index contributed by atoms with van der Waals surface area (Å²) in [5.41, 5.74) is 2.79. The van der Waals surface area contributed by atoms with E-state index >= 15 is 0 Å². The zero-order valence-corrected chi connectivity index (χ0v) is 23.2. The molecule has 2 saturated heterocycles. The fourth-order valence-corrected chi connectivity index (χ4v) is 5.58. The number of ether oxygens (including phenoxy) is 2. The molecular formula is C32H32FN5O4. The fourth-order valence-electron chi connectivity index (χ4n) is 5.58. The highest BCUT2D eigenvalue weighted by Crippen LogP contribution is 2.45. The lowest BCUT2D eigenvalue weighted by Crippen LogP contribution is -2.34. The first-order valence-corrected chi connectivity index (χ1v) is 14.3. The number of fused-ring (bicyclic) bond motifs is 2. The molecule has 3 unspecified atom stereocenters. The summed E-state index contributed by atoms with van der Waals surface area (Å²) >= 11 is 0. The van der Waals surface area contributed by atoms with Gasteiger partial charge in [-0.1, -0.05) is 12.1 Å². The summed E-state index contributed by atoms with van der Waals surface area (Å²) in [5.74, 6) is 1.99. The topological polar surface area (TPSA) is 113 Å². The Balaban J connectivity index is 0.000000163. The van der Waals surface area contributed by atoms with Gasteiger partial charge in [0.25, 0.3) is 0 Å². The van der Waals surface area contributed by atoms with Crippen molar-refractivity contribution in [1.29, 1.82) is 5.26 Å². The van der Waals surface area contributed by atoms with E-state index in [-0.39, 0.29) is 12.7 Å². The zero-order valence-electron chi connectivity index (χ0n) is 23.2. The number of pyridine rings is 1. The third-order valence-electron chi connectivity index (χ3n) is 8.19. The standard InChI is InChI=1S/C19H23N3O3.C13H9FN2O/c23-19(24)13-1-2-16-17(8-13)22(10-15-4-6-25-15)18(20-16)11-21-5-3-12-7-14(12)9-21;14-12-7-10(8-15)4-5-11(12)9-17-13-3-1-2-6-16-13/h1-2,8,12,14-15H,3-7,9-11H2,(H,23,24);1-7H,9H2. The Bertz CT molecular complexity index is 1610. The number of likely N-dealkylation sites (tertiary alicyclic amines) is 1. The smallest absolute Gasteiger partial charge is 0.335 e. The molecule has 2 aliphatic heterocycles. The molecule has 10 heteroatoms. The Morgan fingerprint density at radius 3 is 2.74 bits per heavy atom. The van der Waals surface area contributed by atoms with Gasteiger partial charge in [0.15, 0.2) is 0 Å². The third-order valence-corrected chi connectivity index (χ3v) is 8.19. The first-order valence-electron chi connectivity index (χ1n) is 14.3. The Labute approximate surface area is 243 Å². The molecule has 3 atom stereocenters. The average Bonchev–Trinajstić information content (AvgIpc) is 3.68. The molecule has 0 bridgehead atoms. The maximum absolute atomic E-state index is 13.5. The van der Waals surface area contributed by atoms with E-state index in [0.29, 0.717) is 22.6 Å². The number of carboxylic acids is 1. The SMILES string of the molecule is N#Cc1ccc(COc2ccccn2)c(F)c1.O=C(O)c1ccc2nc(CN3CCC4CC4C3)n(CC3CCO3)c2c1. The highest BCUT2D eigenvalue weighted by atomic mass is 19.1. The molecule has 1 saturated carbocycles. The van der Waals surface area contributed by atoms with Gasteiger partial charge in [-0.3, -0.25) is 4.90 Å². The third kappa shape index (κ3) is 6.43. The average molecular weight is 570 g/mol. The highest BCUT2D eigenvalue weighted by Gasteiger charge is 2.41. The predicted octanol–water partition coefficient (Wildman–Crippen LogP) is 5.04. The number of piperidine rings is 1. The van der Waals surface area contributed by atoms with E-state index in [9.17, 15) is 14.3 Å². The Hall–Kier alpha value is -4.33. The van der Waals surface area contributed by atoms with Crippen molar-refractivity contribution < 1.29 is 23.8 Å². The zero-order chi connectivity index (χ0) is 29.1. The van der Waals surface area contributed by atoms with Crippen LogP contribution in [0, 0.1) is 29.0 Å². The van der Waals surface area contributed by atoms with E-state index in [0.717, 1.165) is 61.4 Å². The predicted molar refractivity (Wildman–Crippen MR) is 152 cm³/mol. The van der Waals surface area contributed by atoms with Crippen LogP contribution >= 0.6 is 0 Å². The molecule has 4 heterocycles. The summed E-state index contributed by atoms with van der Waals surface area (Å²) in [6.45, 7) is 4.83. The van der Waals surface area contributed by atoms with Gasteiger partial charge in [0.05, 0.1) is 47.4 Å².